The molecule has 0 aliphatic rings. The molecule has 0 aromatic heterocycles. The summed E-state index contributed by atoms with van der Waals surface area (Å²) >= 11 is 0. The van der Waals surface area contributed by atoms with Gasteiger partial charge in [-0.15, -0.1) is 0 Å². The first-order valence-corrected chi connectivity index (χ1v) is 6.69. The molecule has 0 aliphatic carbocycles. The topological polar surface area (TPSA) is 9.23 Å². The largest absolute Gasteiger partial charge is 0.462 e. The third kappa shape index (κ3) is 2.89. The molecule has 0 amide bonds. The molecule has 98 valence electrons. The molecule has 0 fully saturated rings. The van der Waals surface area contributed by atoms with Crippen LogP contribution in [0.25, 0.3) is 10.8 Å². The number of benzene rings is 3. The monoisotopic (exact) mass is 260 g/mol. The lowest BCUT2D eigenvalue weighted by Crippen LogP contribution is -1.97. The lowest BCUT2D eigenvalue weighted by molar-refractivity contribution is 0.416. The maximum atomic E-state index is 5.74. The van der Waals surface area contributed by atoms with Crippen molar-refractivity contribution in [3.63, 3.8) is 0 Å². The third-order valence-corrected chi connectivity index (χ3v) is 3.22. The number of ether oxygens (including phenoxy) is 1. The molecule has 3 rings (SSSR count). The van der Waals surface area contributed by atoms with E-state index in [1.165, 1.54) is 16.3 Å². The fraction of sp³-hybridized carbons (Fsp3) is 0.0526. The first-order valence-electron chi connectivity index (χ1n) is 6.69. The van der Waals surface area contributed by atoms with Crippen molar-refractivity contribution in [3.05, 3.63) is 90.7 Å². The Kier molecular flexibility index (Phi) is 3.51. The highest BCUT2D eigenvalue weighted by Gasteiger charge is 2.01. The van der Waals surface area contributed by atoms with Crippen molar-refractivity contribution < 1.29 is 4.74 Å². The number of para-hydroxylation sites is 1. The fourth-order valence-corrected chi connectivity index (χ4v) is 2.27. The van der Waals surface area contributed by atoms with Gasteiger partial charge in [-0.3, -0.25) is 0 Å². The molecule has 0 spiro atoms. The van der Waals surface area contributed by atoms with E-state index in [1.807, 2.05) is 30.3 Å². The van der Waals surface area contributed by atoms with Crippen molar-refractivity contribution in [1.29, 1.82) is 0 Å². The molecule has 0 atom stereocenters. The minimum atomic E-state index is 0.722. The van der Waals surface area contributed by atoms with E-state index in [0.29, 0.717) is 0 Å². The molecular formula is C19H16O. The SMILES string of the molecule is C=C(Cc1ccc2ccccc2c1)Oc1ccccc1. The number of allylic oxidation sites excluding steroid dienone is 1. The zero-order valence-corrected chi connectivity index (χ0v) is 11.3. The lowest BCUT2D eigenvalue weighted by Gasteiger charge is -2.09. The van der Waals surface area contributed by atoms with Gasteiger partial charge in [-0.25, -0.2) is 0 Å². The van der Waals surface area contributed by atoms with Gasteiger partial charge in [0.05, 0.1) is 0 Å². The summed E-state index contributed by atoms with van der Waals surface area (Å²) in [5, 5.41) is 2.50. The quantitative estimate of drug-likeness (QED) is 0.601. The van der Waals surface area contributed by atoms with Crippen molar-refractivity contribution in [2.75, 3.05) is 0 Å². The summed E-state index contributed by atoms with van der Waals surface area (Å²) < 4.78 is 5.74. The Hall–Kier alpha value is -2.54. The Morgan fingerprint density at radius 1 is 0.800 bits per heavy atom. The van der Waals surface area contributed by atoms with E-state index in [4.69, 9.17) is 4.74 Å². The first kappa shape index (κ1) is 12.5. The molecule has 0 unspecified atom stereocenters. The number of hydrogen-bond acceptors (Lipinski definition) is 1. The van der Waals surface area contributed by atoms with E-state index in [-0.39, 0.29) is 0 Å². The zero-order valence-electron chi connectivity index (χ0n) is 11.3. The first-order chi connectivity index (χ1) is 9.81. The predicted molar refractivity (Wildman–Crippen MR) is 83.9 cm³/mol. The van der Waals surface area contributed by atoms with Crippen molar-refractivity contribution in [3.8, 4) is 5.75 Å². The van der Waals surface area contributed by atoms with Gasteiger partial charge in [0.1, 0.15) is 11.5 Å². The van der Waals surface area contributed by atoms with E-state index >= 15 is 0 Å². The fourth-order valence-electron chi connectivity index (χ4n) is 2.27. The summed E-state index contributed by atoms with van der Waals surface area (Å²) in [6.45, 7) is 4.00. The van der Waals surface area contributed by atoms with Crippen LogP contribution in [0.3, 0.4) is 0 Å². The maximum absolute atomic E-state index is 5.74. The van der Waals surface area contributed by atoms with Crippen LogP contribution in [0.1, 0.15) is 5.56 Å². The molecule has 0 heterocycles. The van der Waals surface area contributed by atoms with Crippen LogP contribution in [-0.4, -0.2) is 0 Å². The van der Waals surface area contributed by atoms with Crippen molar-refractivity contribution in [1.82, 2.24) is 0 Å². The predicted octanol–water partition coefficient (Wildman–Crippen LogP) is 4.98. The molecule has 1 heteroatoms. The molecule has 0 aliphatic heterocycles. The van der Waals surface area contributed by atoms with Crippen LogP contribution in [0.4, 0.5) is 0 Å². The average molecular weight is 260 g/mol. The van der Waals surface area contributed by atoms with Crippen LogP contribution in [0, 0.1) is 0 Å². The van der Waals surface area contributed by atoms with Crippen LogP contribution in [0.15, 0.2) is 85.1 Å². The number of fused-ring (bicyclic) bond motifs is 1. The van der Waals surface area contributed by atoms with Gasteiger partial charge in [0, 0.05) is 6.42 Å². The Bertz CT molecular complexity index is 729. The summed E-state index contributed by atoms with van der Waals surface area (Å²) in [6.07, 6.45) is 0.722. The maximum Gasteiger partial charge on any atom is 0.126 e. The number of rotatable bonds is 4. The highest BCUT2D eigenvalue weighted by Crippen LogP contribution is 2.19. The van der Waals surface area contributed by atoms with Gasteiger partial charge in [-0.05, 0) is 28.5 Å². The van der Waals surface area contributed by atoms with Gasteiger partial charge >= 0.3 is 0 Å². The smallest absolute Gasteiger partial charge is 0.126 e. The summed E-state index contributed by atoms with van der Waals surface area (Å²) in [7, 11) is 0. The van der Waals surface area contributed by atoms with E-state index in [0.717, 1.165) is 17.9 Å². The second kappa shape index (κ2) is 5.62. The van der Waals surface area contributed by atoms with Gasteiger partial charge in [0.25, 0.3) is 0 Å². The van der Waals surface area contributed by atoms with Crippen molar-refractivity contribution >= 4 is 10.8 Å². The Balaban J connectivity index is 1.74. The molecule has 20 heavy (non-hydrogen) atoms. The van der Waals surface area contributed by atoms with Crippen molar-refractivity contribution in [2.24, 2.45) is 0 Å². The Morgan fingerprint density at radius 2 is 1.50 bits per heavy atom. The van der Waals surface area contributed by atoms with E-state index in [9.17, 15) is 0 Å². The molecule has 0 radical (unpaired) electrons. The highest BCUT2D eigenvalue weighted by molar-refractivity contribution is 5.83. The standard InChI is InChI=1S/C19H16O/c1-15(20-19-9-3-2-4-10-19)13-16-11-12-17-7-5-6-8-18(17)14-16/h2-12,14H,1,13H2. The van der Waals surface area contributed by atoms with E-state index in [2.05, 4.69) is 49.0 Å². The summed E-state index contributed by atoms with van der Waals surface area (Å²) in [4.78, 5) is 0. The molecule has 0 bridgehead atoms. The molecule has 0 saturated carbocycles. The molecule has 1 nitrogen and oxygen atoms in total. The zero-order chi connectivity index (χ0) is 13.8. The highest BCUT2D eigenvalue weighted by atomic mass is 16.5. The average Bonchev–Trinajstić information content (AvgIpc) is 2.48. The lowest BCUT2D eigenvalue weighted by atomic mass is 10.0. The second-order valence-corrected chi connectivity index (χ2v) is 4.81. The Labute approximate surface area is 119 Å². The van der Waals surface area contributed by atoms with Crippen molar-refractivity contribution in [2.45, 2.75) is 6.42 Å². The second-order valence-electron chi connectivity index (χ2n) is 4.81. The normalized spacial score (nSPS) is 10.4. The van der Waals surface area contributed by atoms with E-state index in [1.54, 1.807) is 0 Å². The van der Waals surface area contributed by atoms with Gasteiger partial charge in [0.2, 0.25) is 0 Å². The van der Waals surface area contributed by atoms with Gasteiger partial charge in [0.15, 0.2) is 0 Å². The van der Waals surface area contributed by atoms with Crippen LogP contribution in [-0.2, 0) is 6.42 Å². The summed E-state index contributed by atoms with van der Waals surface area (Å²) in [5.74, 6) is 1.59. The summed E-state index contributed by atoms with van der Waals surface area (Å²) in [5.41, 5.74) is 1.21. The van der Waals surface area contributed by atoms with E-state index < -0.39 is 0 Å². The van der Waals surface area contributed by atoms with Gasteiger partial charge in [-0.2, -0.15) is 0 Å². The molecule has 3 aromatic carbocycles. The minimum absolute atomic E-state index is 0.722. The van der Waals surface area contributed by atoms with Crippen LogP contribution >= 0.6 is 0 Å². The number of hydrogen-bond donors (Lipinski definition) is 0. The molecule has 0 N–H and O–H groups in total. The van der Waals surface area contributed by atoms with Gasteiger partial charge < -0.3 is 4.74 Å². The summed E-state index contributed by atoms with van der Waals surface area (Å²) in [6, 6.07) is 24.6. The van der Waals surface area contributed by atoms with Crippen LogP contribution < -0.4 is 4.74 Å². The Morgan fingerprint density at radius 3 is 2.30 bits per heavy atom. The molecule has 0 saturated heterocycles. The van der Waals surface area contributed by atoms with Gasteiger partial charge in [-0.1, -0.05) is 67.2 Å². The third-order valence-electron chi connectivity index (χ3n) is 3.22. The van der Waals surface area contributed by atoms with Crippen LogP contribution in [0.2, 0.25) is 0 Å². The molecule has 3 aromatic rings. The minimum Gasteiger partial charge on any atom is -0.462 e. The van der Waals surface area contributed by atoms with Crippen LogP contribution in [0.5, 0.6) is 5.75 Å². The molecular weight excluding hydrogens is 244 g/mol.